The molecule has 0 saturated carbocycles. The summed E-state index contributed by atoms with van der Waals surface area (Å²) in [5.41, 5.74) is 7.43. The van der Waals surface area contributed by atoms with Gasteiger partial charge in [0, 0.05) is 11.4 Å². The molecule has 32 heavy (non-hydrogen) atoms. The quantitative estimate of drug-likeness (QED) is 0.396. The third-order valence-electron chi connectivity index (χ3n) is 6.16. The summed E-state index contributed by atoms with van der Waals surface area (Å²) in [7, 11) is 6.11. The van der Waals surface area contributed by atoms with E-state index in [1.807, 2.05) is 0 Å². The maximum absolute atomic E-state index is 6.11. The molecule has 0 fully saturated rings. The molecule has 1 nitrogen and oxygen atoms in total. The Hall–Kier alpha value is -3.52. The Bertz CT molecular complexity index is 1170. The Kier molecular flexibility index (Phi) is 5.94. The molecule has 0 saturated heterocycles. The molecule has 2 unspecified atom stereocenters. The molecule has 0 aromatic heterocycles. The standard InChI is InChI=1S/C30H26BN/c31-27-15-21-30(22-16-27)32(28-17-11-25(12-18-28)23-7-3-1-4-8-23)29-19-13-26(14-20-29)24-9-5-2-6-10-24/h1-15,17-19,21-22,27,29H,16,20H2. The fourth-order valence-corrected chi connectivity index (χ4v) is 4.43. The van der Waals surface area contributed by atoms with Crippen molar-refractivity contribution < 1.29 is 0 Å². The monoisotopic (exact) mass is 411 g/mol. The Balaban J connectivity index is 1.44. The highest BCUT2D eigenvalue weighted by atomic mass is 15.2. The number of hydrogen-bond acceptors (Lipinski definition) is 1. The van der Waals surface area contributed by atoms with Gasteiger partial charge in [0.15, 0.2) is 0 Å². The smallest absolute Gasteiger partial charge is 0.0759 e. The molecule has 0 heterocycles. The van der Waals surface area contributed by atoms with Crippen molar-refractivity contribution in [1.82, 2.24) is 0 Å². The van der Waals surface area contributed by atoms with E-state index in [0.717, 1.165) is 12.8 Å². The van der Waals surface area contributed by atoms with Crippen LogP contribution >= 0.6 is 0 Å². The van der Waals surface area contributed by atoms with Crippen molar-refractivity contribution in [3.05, 3.63) is 133 Å². The van der Waals surface area contributed by atoms with Crippen LogP contribution in [0.5, 0.6) is 0 Å². The van der Waals surface area contributed by atoms with Crippen molar-refractivity contribution in [2.24, 2.45) is 0 Å². The van der Waals surface area contributed by atoms with Crippen LogP contribution < -0.4 is 4.90 Å². The van der Waals surface area contributed by atoms with E-state index in [1.54, 1.807) is 0 Å². The van der Waals surface area contributed by atoms with Crippen LogP contribution in [-0.4, -0.2) is 13.9 Å². The van der Waals surface area contributed by atoms with Gasteiger partial charge >= 0.3 is 0 Å². The van der Waals surface area contributed by atoms with Gasteiger partial charge in [-0.3, -0.25) is 0 Å². The van der Waals surface area contributed by atoms with E-state index in [9.17, 15) is 0 Å². The average Bonchev–Trinajstić information content (AvgIpc) is 2.87. The van der Waals surface area contributed by atoms with E-state index in [2.05, 4.69) is 126 Å². The summed E-state index contributed by atoms with van der Waals surface area (Å²) in [6, 6.07) is 30.3. The van der Waals surface area contributed by atoms with Gasteiger partial charge in [-0.1, -0.05) is 109 Å². The number of hydrogen-bond donors (Lipinski definition) is 0. The SMILES string of the molecule is [B]C1C=CC(N(c2ccc(-c3ccccc3)cc2)C2C=CC(c3ccccc3)=CC2)=CC1. The van der Waals surface area contributed by atoms with Gasteiger partial charge in [0.2, 0.25) is 0 Å². The Morgan fingerprint density at radius 2 is 1.28 bits per heavy atom. The van der Waals surface area contributed by atoms with Gasteiger partial charge in [-0.25, -0.2) is 0 Å². The molecule has 0 bridgehead atoms. The molecule has 3 aromatic carbocycles. The van der Waals surface area contributed by atoms with E-state index in [1.165, 1.54) is 33.6 Å². The summed E-state index contributed by atoms with van der Waals surface area (Å²) in [4.78, 5) is 2.44. The van der Waals surface area contributed by atoms with Crippen LogP contribution in [0.3, 0.4) is 0 Å². The summed E-state index contributed by atoms with van der Waals surface area (Å²) >= 11 is 0. The molecule has 3 aromatic rings. The normalized spacial score (nSPS) is 19.9. The van der Waals surface area contributed by atoms with Gasteiger partial charge in [-0.15, -0.1) is 0 Å². The molecular weight excluding hydrogens is 385 g/mol. The summed E-state index contributed by atoms with van der Waals surface area (Å²) in [6.07, 6.45) is 15.3. The van der Waals surface area contributed by atoms with Crippen molar-refractivity contribution >= 4 is 19.1 Å². The predicted molar refractivity (Wildman–Crippen MR) is 138 cm³/mol. The van der Waals surface area contributed by atoms with Crippen LogP contribution in [0.4, 0.5) is 5.69 Å². The Morgan fingerprint density at radius 1 is 0.625 bits per heavy atom. The van der Waals surface area contributed by atoms with Crippen LogP contribution in [0, 0.1) is 0 Å². The highest BCUT2D eigenvalue weighted by molar-refractivity contribution is 6.13. The van der Waals surface area contributed by atoms with Crippen molar-refractivity contribution in [3.63, 3.8) is 0 Å². The Labute approximate surface area is 192 Å². The summed E-state index contributed by atoms with van der Waals surface area (Å²) in [5, 5.41) is 0. The summed E-state index contributed by atoms with van der Waals surface area (Å²) in [6.45, 7) is 0. The first kappa shape index (κ1) is 20.4. The lowest BCUT2D eigenvalue weighted by Gasteiger charge is -2.35. The maximum atomic E-state index is 6.11. The fraction of sp³-hybridized carbons (Fsp3) is 0.133. The van der Waals surface area contributed by atoms with E-state index < -0.39 is 0 Å². The third-order valence-corrected chi connectivity index (χ3v) is 6.16. The number of nitrogens with zero attached hydrogens (tertiary/aromatic N) is 1. The molecule has 5 rings (SSSR count). The molecule has 154 valence electrons. The van der Waals surface area contributed by atoms with Gasteiger partial charge < -0.3 is 4.90 Å². The van der Waals surface area contributed by atoms with Gasteiger partial charge in [0.05, 0.1) is 13.9 Å². The molecule has 0 amide bonds. The zero-order chi connectivity index (χ0) is 21.8. The van der Waals surface area contributed by atoms with Gasteiger partial charge in [-0.2, -0.15) is 0 Å². The maximum Gasteiger partial charge on any atom is 0.0759 e. The lowest BCUT2D eigenvalue weighted by Crippen LogP contribution is -2.33. The lowest BCUT2D eigenvalue weighted by molar-refractivity contribution is 0.756. The van der Waals surface area contributed by atoms with Crippen LogP contribution in [0.2, 0.25) is 5.82 Å². The Morgan fingerprint density at radius 3 is 1.88 bits per heavy atom. The second-order valence-corrected chi connectivity index (χ2v) is 8.36. The van der Waals surface area contributed by atoms with E-state index in [0.29, 0.717) is 0 Å². The minimum Gasteiger partial charge on any atom is -0.335 e. The molecule has 2 radical (unpaired) electrons. The zero-order valence-electron chi connectivity index (χ0n) is 18.1. The third kappa shape index (κ3) is 4.41. The van der Waals surface area contributed by atoms with Gasteiger partial charge in [0.25, 0.3) is 0 Å². The first-order chi connectivity index (χ1) is 15.8. The molecule has 0 N–H and O–H groups in total. The van der Waals surface area contributed by atoms with Crippen molar-refractivity contribution in [2.75, 3.05) is 4.90 Å². The topological polar surface area (TPSA) is 3.24 Å². The largest absolute Gasteiger partial charge is 0.335 e. The number of anilines is 1. The van der Waals surface area contributed by atoms with E-state index in [4.69, 9.17) is 7.85 Å². The molecule has 2 aliphatic rings. The highest BCUT2D eigenvalue weighted by Gasteiger charge is 2.22. The van der Waals surface area contributed by atoms with Gasteiger partial charge in [0.1, 0.15) is 0 Å². The highest BCUT2D eigenvalue weighted by Crippen LogP contribution is 2.33. The first-order valence-electron chi connectivity index (χ1n) is 11.3. The molecule has 2 aliphatic carbocycles. The minimum atomic E-state index is 0.104. The molecule has 0 aliphatic heterocycles. The molecule has 2 heteroatoms. The van der Waals surface area contributed by atoms with Crippen LogP contribution in [0.1, 0.15) is 18.4 Å². The lowest BCUT2D eigenvalue weighted by atomic mass is 9.81. The number of allylic oxidation sites excluding steroid dienone is 5. The second kappa shape index (κ2) is 9.32. The summed E-state index contributed by atoms with van der Waals surface area (Å²) < 4.78 is 0. The molecular formula is C30H26BN. The fourth-order valence-electron chi connectivity index (χ4n) is 4.43. The number of benzene rings is 3. The average molecular weight is 411 g/mol. The van der Waals surface area contributed by atoms with Crippen molar-refractivity contribution in [3.8, 4) is 11.1 Å². The van der Waals surface area contributed by atoms with E-state index in [-0.39, 0.29) is 11.9 Å². The van der Waals surface area contributed by atoms with Crippen LogP contribution in [-0.2, 0) is 0 Å². The second-order valence-electron chi connectivity index (χ2n) is 8.36. The zero-order valence-corrected chi connectivity index (χ0v) is 18.1. The molecule has 2 atom stereocenters. The summed E-state index contributed by atoms with van der Waals surface area (Å²) in [5.74, 6) is 0.104. The molecule has 0 spiro atoms. The number of rotatable bonds is 5. The van der Waals surface area contributed by atoms with Crippen LogP contribution in [0.25, 0.3) is 16.7 Å². The van der Waals surface area contributed by atoms with Gasteiger partial charge in [-0.05, 0) is 53.3 Å². The van der Waals surface area contributed by atoms with Crippen molar-refractivity contribution in [2.45, 2.75) is 24.7 Å². The first-order valence-corrected chi connectivity index (χ1v) is 11.3. The van der Waals surface area contributed by atoms with E-state index >= 15 is 0 Å². The predicted octanol–water partition coefficient (Wildman–Crippen LogP) is 7.37. The van der Waals surface area contributed by atoms with Crippen LogP contribution in [0.15, 0.2) is 127 Å². The minimum absolute atomic E-state index is 0.104. The van der Waals surface area contributed by atoms with Crippen molar-refractivity contribution in [1.29, 1.82) is 0 Å².